The lowest BCUT2D eigenvalue weighted by molar-refractivity contribution is -0.141. The van der Waals surface area contributed by atoms with Gasteiger partial charge in [0.05, 0.1) is 5.60 Å². The van der Waals surface area contributed by atoms with Crippen molar-refractivity contribution in [1.82, 2.24) is 15.5 Å². The van der Waals surface area contributed by atoms with Gasteiger partial charge in [0.15, 0.2) is 0 Å². The zero-order valence-corrected chi connectivity index (χ0v) is 22.2. The van der Waals surface area contributed by atoms with Gasteiger partial charge in [-0.15, -0.1) is 0 Å². The number of likely N-dealkylation sites (tertiary alicyclic amines) is 1. The SMILES string of the molecule is CCc1cccc(-c2c(F)cccc2[C@](O)(CCCNC(=O)O)[C@@H]2CCCN(C(=O)C3CCNCC3)C2)c1. The maximum absolute atomic E-state index is 15.5. The molecule has 0 unspecified atom stereocenters. The van der Waals surface area contributed by atoms with E-state index in [1.807, 2.05) is 36.1 Å². The fourth-order valence-corrected chi connectivity index (χ4v) is 6.13. The summed E-state index contributed by atoms with van der Waals surface area (Å²) < 4.78 is 15.5. The number of carboxylic acid groups (broad SMARTS) is 1. The van der Waals surface area contributed by atoms with Crippen LogP contribution in [0.25, 0.3) is 11.1 Å². The van der Waals surface area contributed by atoms with Crippen molar-refractivity contribution in [2.75, 3.05) is 32.7 Å². The summed E-state index contributed by atoms with van der Waals surface area (Å²) in [7, 11) is 0. The molecule has 7 nitrogen and oxygen atoms in total. The summed E-state index contributed by atoms with van der Waals surface area (Å²) in [5, 5.41) is 27.2. The molecule has 2 aliphatic heterocycles. The van der Waals surface area contributed by atoms with Crippen molar-refractivity contribution in [1.29, 1.82) is 0 Å². The van der Waals surface area contributed by atoms with E-state index in [4.69, 9.17) is 5.11 Å². The van der Waals surface area contributed by atoms with Crippen molar-refractivity contribution in [3.05, 3.63) is 59.4 Å². The van der Waals surface area contributed by atoms with Gasteiger partial charge in [0.1, 0.15) is 5.82 Å². The van der Waals surface area contributed by atoms with Crippen LogP contribution in [-0.4, -0.2) is 59.8 Å². The maximum atomic E-state index is 15.5. The molecule has 2 aliphatic rings. The van der Waals surface area contributed by atoms with E-state index < -0.39 is 17.5 Å². The topological polar surface area (TPSA) is 102 Å². The number of halogens is 1. The second-order valence-electron chi connectivity index (χ2n) is 10.6. The first-order chi connectivity index (χ1) is 18.3. The van der Waals surface area contributed by atoms with Gasteiger partial charge in [0.2, 0.25) is 5.91 Å². The van der Waals surface area contributed by atoms with Gasteiger partial charge >= 0.3 is 6.09 Å². The standard InChI is InChI=1S/C30H40FN3O4/c1-2-21-7-3-8-23(19-21)27-25(10-4-11-26(27)31)30(38,14-6-15-33-29(36)37)24-9-5-18-34(20-24)28(35)22-12-16-32-17-13-22/h3-4,7-8,10-11,19,22,24,32-33,38H,2,5-6,9,12-18,20H2,1H3,(H,36,37)/t24-,30+/m1/s1. The number of aliphatic hydroxyl groups is 1. The quantitative estimate of drug-likeness (QED) is 0.361. The van der Waals surface area contributed by atoms with Crippen molar-refractivity contribution in [3.8, 4) is 11.1 Å². The van der Waals surface area contributed by atoms with Crippen molar-refractivity contribution < 1.29 is 24.2 Å². The number of hydrogen-bond acceptors (Lipinski definition) is 4. The molecule has 0 aromatic heterocycles. The monoisotopic (exact) mass is 525 g/mol. The number of piperidine rings is 2. The molecule has 2 heterocycles. The molecule has 38 heavy (non-hydrogen) atoms. The number of aryl methyl sites for hydroxylation is 1. The second-order valence-corrected chi connectivity index (χ2v) is 10.6. The zero-order chi connectivity index (χ0) is 27.1. The third-order valence-corrected chi connectivity index (χ3v) is 8.21. The predicted molar refractivity (Wildman–Crippen MR) is 145 cm³/mol. The van der Waals surface area contributed by atoms with Crippen LogP contribution in [0.2, 0.25) is 0 Å². The largest absolute Gasteiger partial charge is 0.465 e. The molecule has 2 saturated heterocycles. The first kappa shape index (κ1) is 28.0. The molecule has 2 aromatic rings. The number of benzene rings is 2. The van der Waals surface area contributed by atoms with Crippen LogP contribution in [0.3, 0.4) is 0 Å². The van der Waals surface area contributed by atoms with Gasteiger partial charge in [0.25, 0.3) is 0 Å². The molecule has 4 rings (SSSR count). The average Bonchev–Trinajstić information content (AvgIpc) is 2.95. The predicted octanol–water partition coefficient (Wildman–Crippen LogP) is 4.53. The van der Waals surface area contributed by atoms with Gasteiger partial charge < -0.3 is 25.7 Å². The van der Waals surface area contributed by atoms with Crippen molar-refractivity contribution in [2.45, 2.75) is 57.5 Å². The Balaban J connectivity index is 1.70. The van der Waals surface area contributed by atoms with Crippen molar-refractivity contribution in [2.24, 2.45) is 11.8 Å². The van der Waals surface area contributed by atoms with E-state index >= 15 is 4.39 Å². The Labute approximate surface area is 224 Å². The third-order valence-electron chi connectivity index (χ3n) is 8.21. The minimum absolute atomic E-state index is 0.00984. The Morgan fingerprint density at radius 3 is 2.66 bits per heavy atom. The van der Waals surface area contributed by atoms with E-state index in [1.165, 1.54) is 6.07 Å². The Morgan fingerprint density at radius 2 is 1.92 bits per heavy atom. The molecule has 8 heteroatoms. The summed E-state index contributed by atoms with van der Waals surface area (Å²) >= 11 is 0. The molecule has 4 N–H and O–H groups in total. The molecule has 2 aromatic carbocycles. The minimum atomic E-state index is -1.44. The highest BCUT2D eigenvalue weighted by Crippen LogP contribution is 2.44. The van der Waals surface area contributed by atoms with Gasteiger partial charge in [-0.05, 0) is 80.8 Å². The number of rotatable bonds is 9. The molecule has 0 spiro atoms. The van der Waals surface area contributed by atoms with Crippen LogP contribution in [-0.2, 0) is 16.8 Å². The minimum Gasteiger partial charge on any atom is -0.465 e. The van der Waals surface area contributed by atoms with Crippen molar-refractivity contribution >= 4 is 12.0 Å². The lowest BCUT2D eigenvalue weighted by Gasteiger charge is -2.44. The van der Waals surface area contributed by atoms with E-state index in [1.54, 1.807) is 12.1 Å². The summed E-state index contributed by atoms with van der Waals surface area (Å²) in [6, 6.07) is 12.6. The highest BCUT2D eigenvalue weighted by Gasteiger charge is 2.43. The maximum Gasteiger partial charge on any atom is 0.404 e. The molecule has 0 aliphatic carbocycles. The molecule has 2 fully saturated rings. The number of nitrogens with zero attached hydrogens (tertiary/aromatic N) is 1. The van der Waals surface area contributed by atoms with Gasteiger partial charge in [-0.25, -0.2) is 9.18 Å². The van der Waals surface area contributed by atoms with Crippen LogP contribution in [0.15, 0.2) is 42.5 Å². The summed E-state index contributed by atoms with van der Waals surface area (Å²) in [6.45, 7) is 4.94. The first-order valence-corrected chi connectivity index (χ1v) is 13.9. The lowest BCUT2D eigenvalue weighted by Crippen LogP contribution is -2.50. The first-order valence-electron chi connectivity index (χ1n) is 13.9. The van der Waals surface area contributed by atoms with Gasteiger partial charge in [0, 0.05) is 37.0 Å². The number of carbonyl (C=O) groups excluding carboxylic acids is 1. The molecule has 206 valence electrons. The molecule has 2 amide bonds. The summed E-state index contributed by atoms with van der Waals surface area (Å²) in [5.74, 6) is -0.580. The van der Waals surface area contributed by atoms with Gasteiger partial charge in [-0.1, -0.05) is 43.3 Å². The Hall–Kier alpha value is -2.97. The smallest absolute Gasteiger partial charge is 0.404 e. The second kappa shape index (κ2) is 12.7. The highest BCUT2D eigenvalue weighted by atomic mass is 19.1. The summed E-state index contributed by atoms with van der Waals surface area (Å²) in [6.07, 6.45) is 3.40. The lowest BCUT2D eigenvalue weighted by atomic mass is 9.72. The van der Waals surface area contributed by atoms with Crippen LogP contribution in [0.5, 0.6) is 0 Å². The van der Waals surface area contributed by atoms with Crippen LogP contribution in [0, 0.1) is 17.7 Å². The molecular weight excluding hydrogens is 485 g/mol. The number of hydrogen-bond donors (Lipinski definition) is 4. The Bertz CT molecular complexity index is 1120. The van der Waals surface area contributed by atoms with Crippen LogP contribution >= 0.6 is 0 Å². The molecule has 0 saturated carbocycles. The number of carbonyl (C=O) groups is 2. The third kappa shape index (κ3) is 6.35. The molecular formula is C30H40FN3O4. The van der Waals surface area contributed by atoms with E-state index in [-0.39, 0.29) is 30.7 Å². The Morgan fingerprint density at radius 1 is 1.16 bits per heavy atom. The van der Waals surface area contributed by atoms with E-state index in [9.17, 15) is 14.7 Å². The highest BCUT2D eigenvalue weighted by molar-refractivity contribution is 5.79. The molecule has 0 radical (unpaired) electrons. The van der Waals surface area contributed by atoms with Crippen LogP contribution in [0.1, 0.15) is 56.6 Å². The number of nitrogens with one attached hydrogen (secondary N) is 2. The van der Waals surface area contributed by atoms with Gasteiger partial charge in [-0.2, -0.15) is 0 Å². The normalized spacial score (nSPS) is 20.1. The van der Waals surface area contributed by atoms with E-state index in [0.29, 0.717) is 42.6 Å². The van der Waals surface area contributed by atoms with Crippen LogP contribution in [0.4, 0.5) is 9.18 Å². The van der Waals surface area contributed by atoms with Crippen molar-refractivity contribution in [3.63, 3.8) is 0 Å². The fourth-order valence-electron chi connectivity index (χ4n) is 6.13. The fraction of sp³-hybridized carbons (Fsp3) is 0.533. The van der Waals surface area contributed by atoms with Gasteiger partial charge in [-0.3, -0.25) is 4.79 Å². The van der Waals surface area contributed by atoms with E-state index in [0.717, 1.165) is 44.3 Å². The summed E-state index contributed by atoms with van der Waals surface area (Å²) in [4.78, 5) is 26.3. The Kier molecular flexibility index (Phi) is 9.39. The molecule has 0 bridgehead atoms. The van der Waals surface area contributed by atoms with E-state index in [2.05, 4.69) is 10.6 Å². The summed E-state index contributed by atoms with van der Waals surface area (Å²) in [5.41, 5.74) is 1.22. The molecule has 2 atom stereocenters. The average molecular weight is 526 g/mol. The van der Waals surface area contributed by atoms with Crippen LogP contribution < -0.4 is 10.6 Å². The zero-order valence-electron chi connectivity index (χ0n) is 22.2. The number of amides is 2.